The summed E-state index contributed by atoms with van der Waals surface area (Å²) in [5.41, 5.74) is 2.87. The van der Waals surface area contributed by atoms with E-state index in [4.69, 9.17) is 9.88 Å². The lowest BCUT2D eigenvalue weighted by atomic mass is 10.1. The van der Waals surface area contributed by atoms with Crippen molar-refractivity contribution in [2.75, 3.05) is 26.2 Å². The van der Waals surface area contributed by atoms with E-state index in [9.17, 15) is 18.0 Å². The fourth-order valence-electron chi connectivity index (χ4n) is 3.61. The highest BCUT2D eigenvalue weighted by Crippen LogP contribution is 2.22. The number of nitrogens with two attached hydrogens (primary N) is 1. The highest BCUT2D eigenvalue weighted by Gasteiger charge is 2.22. The molecule has 0 amide bonds. The van der Waals surface area contributed by atoms with E-state index in [-0.39, 0.29) is 35.7 Å². The topological polar surface area (TPSA) is 112 Å². The highest BCUT2D eigenvalue weighted by molar-refractivity contribution is 7.89. The predicted octanol–water partition coefficient (Wildman–Crippen LogP) is 2.45. The third-order valence-corrected chi connectivity index (χ3v) is 5.73. The molecule has 2 rings (SSSR count). The van der Waals surface area contributed by atoms with Gasteiger partial charge in [0.1, 0.15) is 0 Å². The van der Waals surface area contributed by atoms with Crippen molar-refractivity contribution in [1.29, 1.82) is 0 Å². The van der Waals surface area contributed by atoms with Gasteiger partial charge in [-0.3, -0.25) is 14.5 Å². The van der Waals surface area contributed by atoms with E-state index >= 15 is 0 Å². The summed E-state index contributed by atoms with van der Waals surface area (Å²) in [6, 6.07) is 7.99. The predicted molar refractivity (Wildman–Crippen MR) is 119 cm³/mol. The van der Waals surface area contributed by atoms with Crippen LogP contribution >= 0.6 is 0 Å². The van der Waals surface area contributed by atoms with E-state index in [1.165, 1.54) is 12.1 Å². The largest absolute Gasteiger partial charge is 0.465 e. The number of aryl methyl sites for hydroxylation is 1. The maximum absolute atomic E-state index is 13.1. The average Bonchev–Trinajstić information content (AvgIpc) is 2.95. The number of nitrogens with zero attached hydrogens (tertiary/aromatic N) is 2. The maximum Gasteiger partial charge on any atom is 0.320 e. The number of hydrogen-bond donors (Lipinski definition) is 1. The van der Waals surface area contributed by atoms with E-state index < -0.39 is 10.0 Å². The molecule has 9 heteroatoms. The van der Waals surface area contributed by atoms with Crippen molar-refractivity contribution in [1.82, 2.24) is 9.47 Å². The number of primary sulfonamides is 1. The molecule has 2 N–H and O–H groups in total. The zero-order valence-corrected chi connectivity index (χ0v) is 19.5. The minimum atomic E-state index is -3.77. The molecule has 1 aromatic heterocycles. The van der Waals surface area contributed by atoms with Gasteiger partial charge in [0, 0.05) is 29.2 Å². The lowest BCUT2D eigenvalue weighted by Crippen LogP contribution is -2.38. The number of ketones is 1. The maximum atomic E-state index is 13.1. The van der Waals surface area contributed by atoms with Crippen molar-refractivity contribution >= 4 is 21.8 Å². The molecular weight excluding hydrogens is 418 g/mol. The van der Waals surface area contributed by atoms with Gasteiger partial charge in [0.25, 0.3) is 0 Å². The van der Waals surface area contributed by atoms with Crippen LogP contribution < -0.4 is 5.14 Å². The monoisotopic (exact) mass is 449 g/mol. The zero-order chi connectivity index (χ0) is 23.3. The quantitative estimate of drug-likeness (QED) is 0.440. The summed E-state index contributed by atoms with van der Waals surface area (Å²) in [6.45, 7) is 10.6. The van der Waals surface area contributed by atoms with Crippen LogP contribution in [0.2, 0.25) is 0 Å². The number of aromatic nitrogens is 1. The third kappa shape index (κ3) is 6.49. The normalized spacial score (nSPS) is 11.9. The molecule has 0 saturated carbocycles. The molecular formula is C22H31N3O5S. The van der Waals surface area contributed by atoms with E-state index in [1.807, 2.05) is 38.3 Å². The van der Waals surface area contributed by atoms with Gasteiger partial charge in [0.15, 0.2) is 5.78 Å². The fraction of sp³-hybridized carbons (Fsp3) is 0.455. The molecule has 0 spiro atoms. The standard InChI is InChI=1S/C22H31N3O5S/c1-6-30-22(27)14-24(12-15(2)3)13-21(26)20-11-16(4)25(17(20)5)18-7-9-19(10-8-18)31(23,28)29/h7-11,15H,6,12-14H2,1-5H3,(H2,23,28,29). The number of carbonyl (C=O) groups is 2. The van der Waals surface area contributed by atoms with E-state index in [2.05, 4.69) is 0 Å². The van der Waals surface area contributed by atoms with Crippen LogP contribution in [0.25, 0.3) is 5.69 Å². The first-order chi connectivity index (χ1) is 14.4. The number of rotatable bonds is 10. The summed E-state index contributed by atoms with van der Waals surface area (Å²) in [6.07, 6.45) is 0. The molecule has 0 bridgehead atoms. The molecule has 0 aliphatic carbocycles. The molecule has 0 aliphatic heterocycles. The number of benzene rings is 1. The average molecular weight is 450 g/mol. The van der Waals surface area contributed by atoms with Gasteiger partial charge in [-0.15, -0.1) is 0 Å². The number of Topliss-reactive ketones (excluding diaryl/α,β-unsaturated/α-hetero) is 1. The minimum absolute atomic E-state index is 0.0262. The summed E-state index contributed by atoms with van der Waals surface area (Å²) in [7, 11) is -3.77. The lowest BCUT2D eigenvalue weighted by Gasteiger charge is -2.22. The van der Waals surface area contributed by atoms with Crippen LogP contribution in [0.4, 0.5) is 0 Å². The molecule has 0 atom stereocenters. The molecule has 170 valence electrons. The molecule has 0 unspecified atom stereocenters. The van der Waals surface area contributed by atoms with Gasteiger partial charge in [-0.2, -0.15) is 0 Å². The summed E-state index contributed by atoms with van der Waals surface area (Å²) in [5, 5.41) is 5.17. The smallest absolute Gasteiger partial charge is 0.320 e. The van der Waals surface area contributed by atoms with Crippen molar-refractivity contribution < 1.29 is 22.7 Å². The number of hydrogen-bond acceptors (Lipinski definition) is 6. The van der Waals surface area contributed by atoms with Gasteiger partial charge in [0.2, 0.25) is 10.0 Å². The molecule has 8 nitrogen and oxygen atoms in total. The number of esters is 1. The third-order valence-electron chi connectivity index (χ3n) is 4.80. The zero-order valence-electron chi connectivity index (χ0n) is 18.7. The summed E-state index contributed by atoms with van der Waals surface area (Å²) < 4.78 is 29.9. The van der Waals surface area contributed by atoms with Gasteiger partial charge < -0.3 is 9.30 Å². The number of carbonyl (C=O) groups excluding carboxylic acids is 2. The van der Waals surface area contributed by atoms with Crippen LogP contribution in [0.15, 0.2) is 35.2 Å². The fourth-order valence-corrected chi connectivity index (χ4v) is 4.12. The first kappa shape index (κ1) is 24.8. The summed E-state index contributed by atoms with van der Waals surface area (Å²) in [5.74, 6) is -0.159. The van der Waals surface area contributed by atoms with Gasteiger partial charge in [-0.1, -0.05) is 13.8 Å². The Morgan fingerprint density at radius 2 is 1.74 bits per heavy atom. The van der Waals surface area contributed by atoms with Crippen LogP contribution in [0.3, 0.4) is 0 Å². The first-order valence-electron chi connectivity index (χ1n) is 10.2. The molecule has 2 aromatic rings. The second-order valence-corrected chi connectivity index (χ2v) is 9.51. The molecule has 0 saturated heterocycles. The Kier molecular flexibility index (Phi) is 8.16. The molecule has 31 heavy (non-hydrogen) atoms. The van der Waals surface area contributed by atoms with Crippen LogP contribution in [-0.4, -0.2) is 55.9 Å². The van der Waals surface area contributed by atoms with Crippen molar-refractivity contribution in [2.24, 2.45) is 11.1 Å². The van der Waals surface area contributed by atoms with Gasteiger partial charge in [-0.25, -0.2) is 13.6 Å². The van der Waals surface area contributed by atoms with E-state index in [0.717, 1.165) is 17.1 Å². The number of ether oxygens (including phenoxy) is 1. The molecule has 1 aromatic carbocycles. The Morgan fingerprint density at radius 3 is 2.26 bits per heavy atom. The molecule has 0 fully saturated rings. The van der Waals surface area contributed by atoms with Gasteiger partial charge >= 0.3 is 5.97 Å². The minimum Gasteiger partial charge on any atom is -0.465 e. The van der Waals surface area contributed by atoms with Crippen molar-refractivity contribution in [3.63, 3.8) is 0 Å². The van der Waals surface area contributed by atoms with Crippen LogP contribution in [0, 0.1) is 19.8 Å². The lowest BCUT2D eigenvalue weighted by molar-refractivity contribution is -0.144. The molecule has 0 aliphatic rings. The van der Waals surface area contributed by atoms with E-state index in [1.54, 1.807) is 24.0 Å². The Morgan fingerprint density at radius 1 is 1.13 bits per heavy atom. The van der Waals surface area contributed by atoms with Crippen molar-refractivity contribution in [2.45, 2.75) is 39.5 Å². The first-order valence-corrected chi connectivity index (χ1v) is 11.7. The van der Waals surface area contributed by atoms with E-state index in [0.29, 0.717) is 18.7 Å². The second-order valence-electron chi connectivity index (χ2n) is 7.95. The summed E-state index contributed by atoms with van der Waals surface area (Å²) >= 11 is 0. The Hall–Kier alpha value is -2.49. The summed E-state index contributed by atoms with van der Waals surface area (Å²) in [4.78, 5) is 26.8. The molecule has 1 heterocycles. The Bertz CT molecular complexity index is 1040. The van der Waals surface area contributed by atoms with Crippen LogP contribution in [0.5, 0.6) is 0 Å². The van der Waals surface area contributed by atoms with Crippen molar-refractivity contribution in [3.05, 3.63) is 47.3 Å². The molecule has 0 radical (unpaired) electrons. The van der Waals surface area contributed by atoms with Crippen LogP contribution in [0.1, 0.15) is 42.5 Å². The Balaban J connectivity index is 2.28. The highest BCUT2D eigenvalue weighted by atomic mass is 32.2. The van der Waals surface area contributed by atoms with Gasteiger partial charge in [0.05, 0.1) is 24.6 Å². The Labute approximate surface area is 184 Å². The number of sulfonamides is 1. The van der Waals surface area contributed by atoms with Crippen LogP contribution in [-0.2, 0) is 19.6 Å². The second kappa shape index (κ2) is 10.2. The van der Waals surface area contributed by atoms with Crippen molar-refractivity contribution in [3.8, 4) is 5.69 Å². The SMILES string of the molecule is CCOC(=O)CN(CC(=O)c1cc(C)n(-c2ccc(S(N)(=O)=O)cc2)c1C)CC(C)C. The van der Waals surface area contributed by atoms with Gasteiger partial charge in [-0.05, 0) is 57.0 Å².